The van der Waals surface area contributed by atoms with Crippen LogP contribution in [-0.2, 0) is 13.5 Å². The number of carboxylic acid groups (broad SMARTS) is 1. The van der Waals surface area contributed by atoms with Crippen molar-refractivity contribution in [2.45, 2.75) is 19.8 Å². The predicted octanol–water partition coefficient (Wildman–Crippen LogP) is 1.62. The van der Waals surface area contributed by atoms with E-state index in [0.29, 0.717) is 11.0 Å². The molecule has 2 heterocycles. The van der Waals surface area contributed by atoms with Gasteiger partial charge in [-0.15, -0.1) is 0 Å². The van der Waals surface area contributed by atoms with E-state index in [9.17, 15) is 4.79 Å². The molecule has 0 fully saturated rings. The Labute approximate surface area is 92.7 Å². The molecule has 0 aliphatic rings. The average Bonchev–Trinajstić information content (AvgIpc) is 2.60. The van der Waals surface area contributed by atoms with Gasteiger partial charge in [0, 0.05) is 12.7 Å². The standard InChI is InChI=1S/C11H13N3O2/c1-3-4-7-5-8(11(15)16)9-6-12-14(2)10(9)13-7/h5-6H,3-4H2,1-2H3,(H,15,16). The van der Waals surface area contributed by atoms with Gasteiger partial charge in [-0.25, -0.2) is 9.78 Å². The third-order valence-electron chi connectivity index (χ3n) is 2.49. The first-order chi connectivity index (χ1) is 7.63. The van der Waals surface area contributed by atoms with E-state index in [0.717, 1.165) is 18.5 Å². The monoisotopic (exact) mass is 219 g/mol. The van der Waals surface area contributed by atoms with Crippen LogP contribution in [0.5, 0.6) is 0 Å². The summed E-state index contributed by atoms with van der Waals surface area (Å²) in [4.78, 5) is 15.5. The maximum atomic E-state index is 11.1. The van der Waals surface area contributed by atoms with E-state index in [-0.39, 0.29) is 5.56 Å². The van der Waals surface area contributed by atoms with Gasteiger partial charge in [-0.2, -0.15) is 5.10 Å². The predicted molar refractivity (Wildman–Crippen MR) is 59.5 cm³/mol. The summed E-state index contributed by atoms with van der Waals surface area (Å²) in [6.07, 6.45) is 3.26. The molecule has 0 amide bonds. The fourth-order valence-corrected chi connectivity index (χ4v) is 1.73. The van der Waals surface area contributed by atoms with Gasteiger partial charge < -0.3 is 5.11 Å². The van der Waals surface area contributed by atoms with Crippen LogP contribution < -0.4 is 0 Å². The molecule has 0 aliphatic carbocycles. The summed E-state index contributed by atoms with van der Waals surface area (Å²) in [5, 5.41) is 13.7. The summed E-state index contributed by atoms with van der Waals surface area (Å²) < 4.78 is 1.60. The molecule has 2 aromatic rings. The summed E-state index contributed by atoms with van der Waals surface area (Å²) in [5.74, 6) is -0.933. The van der Waals surface area contributed by atoms with Crippen molar-refractivity contribution in [2.75, 3.05) is 0 Å². The van der Waals surface area contributed by atoms with E-state index in [2.05, 4.69) is 10.1 Å². The zero-order chi connectivity index (χ0) is 11.7. The smallest absolute Gasteiger partial charge is 0.336 e. The normalized spacial score (nSPS) is 10.9. The van der Waals surface area contributed by atoms with E-state index in [1.54, 1.807) is 24.0 Å². The fraction of sp³-hybridized carbons (Fsp3) is 0.364. The minimum atomic E-state index is -0.933. The quantitative estimate of drug-likeness (QED) is 0.851. The first-order valence-electron chi connectivity index (χ1n) is 5.18. The summed E-state index contributed by atoms with van der Waals surface area (Å²) in [7, 11) is 1.76. The van der Waals surface area contributed by atoms with Gasteiger partial charge in [0.2, 0.25) is 0 Å². The minimum absolute atomic E-state index is 0.279. The molecule has 0 aromatic carbocycles. The highest BCUT2D eigenvalue weighted by Gasteiger charge is 2.14. The SMILES string of the molecule is CCCc1cc(C(=O)O)c2cnn(C)c2n1. The first-order valence-corrected chi connectivity index (χ1v) is 5.18. The Morgan fingerprint density at radius 2 is 2.31 bits per heavy atom. The Morgan fingerprint density at radius 1 is 1.56 bits per heavy atom. The molecule has 0 atom stereocenters. The van der Waals surface area contributed by atoms with Gasteiger partial charge in [-0.05, 0) is 12.5 Å². The average molecular weight is 219 g/mol. The van der Waals surface area contributed by atoms with Crippen molar-refractivity contribution < 1.29 is 9.90 Å². The summed E-state index contributed by atoms with van der Waals surface area (Å²) in [6.45, 7) is 2.04. The fourth-order valence-electron chi connectivity index (χ4n) is 1.73. The van der Waals surface area contributed by atoms with Crippen LogP contribution in [0, 0.1) is 0 Å². The van der Waals surface area contributed by atoms with Crippen LogP contribution in [0.3, 0.4) is 0 Å². The summed E-state index contributed by atoms with van der Waals surface area (Å²) in [5.41, 5.74) is 1.71. The van der Waals surface area contributed by atoms with Gasteiger partial charge in [0.1, 0.15) is 0 Å². The second-order valence-corrected chi connectivity index (χ2v) is 3.72. The molecule has 0 radical (unpaired) electrons. The molecule has 0 saturated heterocycles. The van der Waals surface area contributed by atoms with Gasteiger partial charge in [0.05, 0.1) is 17.1 Å². The van der Waals surface area contributed by atoms with Crippen LogP contribution in [0.1, 0.15) is 29.4 Å². The van der Waals surface area contributed by atoms with Crippen molar-refractivity contribution in [3.63, 3.8) is 0 Å². The van der Waals surface area contributed by atoms with Crippen molar-refractivity contribution in [2.24, 2.45) is 7.05 Å². The van der Waals surface area contributed by atoms with Gasteiger partial charge >= 0.3 is 5.97 Å². The van der Waals surface area contributed by atoms with E-state index >= 15 is 0 Å². The molecule has 0 saturated carbocycles. The summed E-state index contributed by atoms with van der Waals surface area (Å²) >= 11 is 0. The number of carbonyl (C=O) groups is 1. The molecule has 0 unspecified atom stereocenters. The van der Waals surface area contributed by atoms with E-state index in [1.807, 2.05) is 6.92 Å². The Hall–Kier alpha value is -1.91. The van der Waals surface area contributed by atoms with Gasteiger partial charge in [0.25, 0.3) is 0 Å². The van der Waals surface area contributed by atoms with E-state index in [4.69, 9.17) is 5.11 Å². The minimum Gasteiger partial charge on any atom is -0.478 e. The Bertz CT molecular complexity index is 545. The number of carboxylic acids is 1. The van der Waals surface area contributed by atoms with Crippen molar-refractivity contribution in [1.82, 2.24) is 14.8 Å². The zero-order valence-electron chi connectivity index (χ0n) is 9.27. The molecule has 5 heteroatoms. The molecule has 84 valence electrons. The highest BCUT2D eigenvalue weighted by Crippen LogP contribution is 2.18. The van der Waals surface area contributed by atoms with Crippen molar-refractivity contribution in [3.05, 3.63) is 23.5 Å². The molecule has 1 N–H and O–H groups in total. The molecular formula is C11H13N3O2. The van der Waals surface area contributed by atoms with Crippen molar-refractivity contribution in [3.8, 4) is 0 Å². The molecule has 5 nitrogen and oxygen atoms in total. The topological polar surface area (TPSA) is 68.0 Å². The van der Waals surface area contributed by atoms with Crippen molar-refractivity contribution >= 4 is 17.0 Å². The van der Waals surface area contributed by atoms with Crippen LogP contribution >= 0.6 is 0 Å². The molecule has 2 aromatic heterocycles. The lowest BCUT2D eigenvalue weighted by atomic mass is 10.1. The van der Waals surface area contributed by atoms with Gasteiger partial charge in [-0.3, -0.25) is 4.68 Å². The number of aromatic nitrogens is 3. The lowest BCUT2D eigenvalue weighted by Gasteiger charge is -2.03. The molecular weight excluding hydrogens is 206 g/mol. The summed E-state index contributed by atoms with van der Waals surface area (Å²) in [6, 6.07) is 1.63. The highest BCUT2D eigenvalue weighted by molar-refractivity contribution is 6.01. The van der Waals surface area contributed by atoms with Gasteiger partial charge in [0.15, 0.2) is 5.65 Å². The number of aryl methyl sites for hydroxylation is 2. The lowest BCUT2D eigenvalue weighted by Crippen LogP contribution is -2.02. The molecule has 0 aliphatic heterocycles. The second kappa shape index (κ2) is 3.92. The maximum absolute atomic E-state index is 11.1. The number of hydrogen-bond acceptors (Lipinski definition) is 3. The van der Waals surface area contributed by atoms with Crippen LogP contribution in [0.25, 0.3) is 11.0 Å². The third kappa shape index (κ3) is 1.64. The second-order valence-electron chi connectivity index (χ2n) is 3.72. The largest absolute Gasteiger partial charge is 0.478 e. The number of pyridine rings is 1. The number of rotatable bonds is 3. The van der Waals surface area contributed by atoms with Crippen molar-refractivity contribution in [1.29, 1.82) is 0 Å². The number of hydrogen-bond donors (Lipinski definition) is 1. The Morgan fingerprint density at radius 3 is 2.94 bits per heavy atom. The lowest BCUT2D eigenvalue weighted by molar-refractivity contribution is 0.0699. The number of aromatic carboxylic acids is 1. The number of fused-ring (bicyclic) bond motifs is 1. The third-order valence-corrected chi connectivity index (χ3v) is 2.49. The first kappa shape index (κ1) is 10.6. The molecule has 16 heavy (non-hydrogen) atoms. The molecule has 2 rings (SSSR count). The van der Waals surface area contributed by atoms with Crippen LogP contribution in [0.2, 0.25) is 0 Å². The Kier molecular flexibility index (Phi) is 2.60. The highest BCUT2D eigenvalue weighted by atomic mass is 16.4. The van der Waals surface area contributed by atoms with Crippen LogP contribution in [-0.4, -0.2) is 25.8 Å². The Balaban J connectivity index is 2.70. The number of nitrogens with zero attached hydrogens (tertiary/aromatic N) is 3. The van der Waals surface area contributed by atoms with E-state index < -0.39 is 5.97 Å². The zero-order valence-corrected chi connectivity index (χ0v) is 9.27. The molecule has 0 spiro atoms. The van der Waals surface area contributed by atoms with Crippen LogP contribution in [0.15, 0.2) is 12.3 Å². The molecule has 0 bridgehead atoms. The van der Waals surface area contributed by atoms with Gasteiger partial charge in [-0.1, -0.05) is 13.3 Å². The maximum Gasteiger partial charge on any atom is 0.336 e. The van der Waals surface area contributed by atoms with Crippen LogP contribution in [0.4, 0.5) is 0 Å². The van der Waals surface area contributed by atoms with E-state index in [1.165, 1.54) is 0 Å².